The molecule has 0 rings (SSSR count). The van der Waals surface area contributed by atoms with Gasteiger partial charge in [0, 0.05) is 6.61 Å². The van der Waals surface area contributed by atoms with E-state index in [1.807, 2.05) is 0 Å². The predicted octanol–water partition coefficient (Wildman–Crippen LogP) is -3.86. The van der Waals surface area contributed by atoms with E-state index < -0.39 is 12.1 Å². The zero-order valence-corrected chi connectivity index (χ0v) is 13.4. The molecule has 0 N–H and O–H groups in total. The number of ether oxygens (including phenoxy) is 2. The summed E-state index contributed by atoms with van der Waals surface area (Å²) in [5.41, 5.74) is 0. The van der Waals surface area contributed by atoms with Crippen LogP contribution in [0.4, 0.5) is 0 Å². The fraction of sp³-hybridized carbons (Fsp3) is 0.833. The van der Waals surface area contributed by atoms with E-state index in [2.05, 4.69) is 4.74 Å². The molecular weight excluding hydrogens is 269 g/mol. The number of carboxylic acid groups (broad SMARTS) is 1. The molecule has 0 aliphatic rings. The van der Waals surface area contributed by atoms with E-state index in [4.69, 9.17) is 4.74 Å². The number of carbonyl (C=O) groups excluding carboxylic acids is 1. The van der Waals surface area contributed by atoms with Gasteiger partial charge in [-0.3, -0.25) is 0 Å². The van der Waals surface area contributed by atoms with Gasteiger partial charge in [0.2, 0.25) is 0 Å². The smallest absolute Gasteiger partial charge is 0.547 e. The molecule has 60 valence electrons. The summed E-state index contributed by atoms with van der Waals surface area (Å²) in [6.07, 6.45) is -0.897. The summed E-state index contributed by atoms with van der Waals surface area (Å²) in [5, 5.41) is 10.0. The van der Waals surface area contributed by atoms with E-state index in [1.165, 1.54) is 6.92 Å². The van der Waals surface area contributed by atoms with Crippen LogP contribution in [-0.4, -0.2) is 25.5 Å². The van der Waals surface area contributed by atoms with E-state index >= 15 is 0 Å². The summed E-state index contributed by atoms with van der Waals surface area (Å²) in [5.74, 6) is -1.22. The van der Waals surface area contributed by atoms with Crippen LogP contribution in [0.15, 0.2) is 0 Å². The minimum atomic E-state index is -1.22. The molecule has 11 heavy (non-hydrogen) atoms. The van der Waals surface area contributed by atoms with Gasteiger partial charge in [-0.25, -0.2) is 0 Å². The van der Waals surface area contributed by atoms with E-state index in [9.17, 15) is 9.90 Å². The number of carbonyl (C=O) groups is 1. The van der Waals surface area contributed by atoms with Crippen molar-refractivity contribution in [2.24, 2.45) is 0 Å². The number of rotatable bonds is 5. The Kier molecular flexibility index (Phi) is 12.9. The first-order chi connectivity index (χ1) is 4.68. The van der Waals surface area contributed by atoms with Gasteiger partial charge in [0.15, 0.2) is 0 Å². The Bertz CT molecular complexity index is 107. The molecule has 4 nitrogen and oxygen atoms in total. The van der Waals surface area contributed by atoms with E-state index in [0.29, 0.717) is 6.61 Å². The number of hydrogen-bond acceptors (Lipinski definition) is 4. The van der Waals surface area contributed by atoms with E-state index in [-0.39, 0.29) is 75.7 Å². The van der Waals surface area contributed by atoms with Crippen molar-refractivity contribution in [3.8, 4) is 0 Å². The second kappa shape index (κ2) is 9.53. The van der Waals surface area contributed by atoms with Gasteiger partial charge in [0.1, 0.15) is 6.79 Å². The van der Waals surface area contributed by atoms with Crippen molar-refractivity contribution >= 4 is 5.97 Å². The first-order valence-corrected chi connectivity index (χ1v) is 3.08. The Hall–Kier alpha value is 1.44. The molecule has 5 heteroatoms. The van der Waals surface area contributed by atoms with Crippen LogP contribution in [-0.2, 0) is 14.3 Å². The average Bonchev–Trinajstić information content (AvgIpc) is 1.88. The van der Waals surface area contributed by atoms with Crippen LogP contribution in [0.25, 0.3) is 0 Å². The summed E-state index contributed by atoms with van der Waals surface area (Å²) in [7, 11) is 0. The van der Waals surface area contributed by atoms with Crippen LogP contribution in [0.3, 0.4) is 0 Å². The van der Waals surface area contributed by atoms with Crippen molar-refractivity contribution in [1.82, 2.24) is 0 Å². The number of hydrogen-bond donors (Lipinski definition) is 0. The van der Waals surface area contributed by atoms with Crippen LogP contribution in [0.1, 0.15) is 13.8 Å². The Morgan fingerprint density at radius 3 is 2.55 bits per heavy atom. The molecule has 0 unspecified atom stereocenters. The molecule has 0 aromatic carbocycles. The van der Waals surface area contributed by atoms with Crippen LogP contribution in [0, 0.1) is 0 Å². The quantitative estimate of drug-likeness (QED) is 0.382. The third-order valence-corrected chi connectivity index (χ3v) is 0.937. The summed E-state index contributed by atoms with van der Waals surface area (Å²) in [6, 6.07) is 0. The SMILES string of the molecule is CCOCO[C@@H](C)C(=O)[O-].[Cs+]. The maximum Gasteiger partial charge on any atom is 1.00 e. The van der Waals surface area contributed by atoms with Gasteiger partial charge in [-0.15, -0.1) is 0 Å². The maximum absolute atomic E-state index is 10.0. The molecule has 0 heterocycles. The molecular formula is C6H11CsO4. The van der Waals surface area contributed by atoms with Crippen molar-refractivity contribution in [1.29, 1.82) is 0 Å². The minimum absolute atomic E-state index is 0. The monoisotopic (exact) mass is 280 g/mol. The Labute approximate surface area is 125 Å². The van der Waals surface area contributed by atoms with Crippen LogP contribution in [0.2, 0.25) is 0 Å². The molecule has 0 aliphatic carbocycles. The Morgan fingerprint density at radius 1 is 1.64 bits per heavy atom. The second-order valence-electron chi connectivity index (χ2n) is 1.74. The van der Waals surface area contributed by atoms with E-state index in [1.54, 1.807) is 6.92 Å². The first kappa shape index (κ1) is 14.9. The van der Waals surface area contributed by atoms with Crippen molar-refractivity contribution < 1.29 is 88.3 Å². The zero-order valence-electron chi connectivity index (χ0n) is 7.12. The third kappa shape index (κ3) is 9.36. The summed E-state index contributed by atoms with van der Waals surface area (Å²) in [4.78, 5) is 10.0. The summed E-state index contributed by atoms with van der Waals surface area (Å²) >= 11 is 0. The van der Waals surface area contributed by atoms with Gasteiger partial charge in [-0.05, 0) is 13.8 Å². The predicted molar refractivity (Wildman–Crippen MR) is 32.0 cm³/mol. The van der Waals surface area contributed by atoms with Gasteiger partial charge >= 0.3 is 68.9 Å². The van der Waals surface area contributed by atoms with Gasteiger partial charge in [-0.2, -0.15) is 0 Å². The molecule has 0 aliphatic heterocycles. The molecule has 1 atom stereocenters. The maximum atomic E-state index is 10.0. The molecule has 0 aromatic rings. The standard InChI is InChI=1S/C6H12O4.Cs/c1-3-9-4-10-5(2)6(7)8;/h5H,3-4H2,1-2H3,(H,7,8);/q;+1/p-1/t5-;/m0./s1. The second-order valence-corrected chi connectivity index (χ2v) is 1.74. The number of carboxylic acids is 1. The molecule has 0 spiro atoms. The Balaban J connectivity index is 0. The number of aliphatic carboxylic acids is 1. The van der Waals surface area contributed by atoms with E-state index in [0.717, 1.165) is 0 Å². The van der Waals surface area contributed by atoms with Crippen LogP contribution in [0.5, 0.6) is 0 Å². The molecule has 0 amide bonds. The van der Waals surface area contributed by atoms with Crippen molar-refractivity contribution in [3.63, 3.8) is 0 Å². The van der Waals surface area contributed by atoms with Crippen LogP contribution >= 0.6 is 0 Å². The summed E-state index contributed by atoms with van der Waals surface area (Å²) in [6.45, 7) is 3.72. The normalized spacial score (nSPS) is 11.8. The molecule has 0 bridgehead atoms. The van der Waals surface area contributed by atoms with Gasteiger partial charge in [0.25, 0.3) is 0 Å². The largest absolute Gasteiger partial charge is 1.00 e. The molecule has 0 saturated heterocycles. The molecule has 0 saturated carbocycles. The van der Waals surface area contributed by atoms with Crippen molar-refractivity contribution in [2.45, 2.75) is 20.0 Å². The van der Waals surface area contributed by atoms with Gasteiger partial charge in [0.05, 0.1) is 12.1 Å². The first-order valence-electron chi connectivity index (χ1n) is 3.08. The fourth-order valence-electron chi connectivity index (χ4n) is 0.302. The third-order valence-electron chi connectivity index (χ3n) is 0.937. The average molecular weight is 280 g/mol. The summed E-state index contributed by atoms with van der Waals surface area (Å²) < 4.78 is 9.40. The van der Waals surface area contributed by atoms with Crippen molar-refractivity contribution in [3.05, 3.63) is 0 Å². The van der Waals surface area contributed by atoms with Crippen molar-refractivity contribution in [2.75, 3.05) is 13.4 Å². The zero-order chi connectivity index (χ0) is 7.98. The Morgan fingerprint density at radius 2 is 2.18 bits per heavy atom. The fourth-order valence-corrected chi connectivity index (χ4v) is 0.302. The minimum Gasteiger partial charge on any atom is -0.547 e. The van der Waals surface area contributed by atoms with Gasteiger partial charge < -0.3 is 19.4 Å². The van der Waals surface area contributed by atoms with Gasteiger partial charge in [-0.1, -0.05) is 0 Å². The topological polar surface area (TPSA) is 58.6 Å². The van der Waals surface area contributed by atoms with Crippen LogP contribution < -0.4 is 74.0 Å². The molecule has 0 radical (unpaired) electrons. The molecule has 0 fully saturated rings. The molecule has 0 aromatic heterocycles.